The summed E-state index contributed by atoms with van der Waals surface area (Å²) in [5.74, 6) is 1.73. The lowest BCUT2D eigenvalue weighted by Gasteiger charge is -2.25. The molecule has 1 atom stereocenters. The maximum absolute atomic E-state index is 13.3. The van der Waals surface area contributed by atoms with Gasteiger partial charge in [0.25, 0.3) is 0 Å². The number of rotatable bonds is 4. The summed E-state index contributed by atoms with van der Waals surface area (Å²) < 4.78 is 5.32. The van der Waals surface area contributed by atoms with E-state index in [9.17, 15) is 4.79 Å². The number of nitrogens with zero attached hydrogens (tertiary/aromatic N) is 3. The topological polar surface area (TPSA) is 61.5 Å². The van der Waals surface area contributed by atoms with Crippen molar-refractivity contribution in [2.75, 3.05) is 38.2 Å². The molecule has 2 heterocycles. The lowest BCUT2D eigenvalue weighted by molar-refractivity contribution is -0.132. The molecule has 4 aromatic rings. The standard InChI is InChI=1S/C26H28N4O2/c1-18(19-8-9-21-17-22(32-2)11-10-20(21)16-19)25(31)29-12-5-13-30(15-14-29)26-27-23-6-3-4-7-24(23)28-26/h3-4,6-11,16-18H,5,12-15H2,1-2H3,(H,27,28)/t18-/m0/s1. The summed E-state index contributed by atoms with van der Waals surface area (Å²) in [5, 5.41) is 2.24. The molecular formula is C26H28N4O2. The number of anilines is 1. The van der Waals surface area contributed by atoms with Gasteiger partial charge < -0.3 is 19.5 Å². The summed E-state index contributed by atoms with van der Waals surface area (Å²) in [7, 11) is 1.67. The van der Waals surface area contributed by atoms with E-state index < -0.39 is 0 Å². The molecule has 6 nitrogen and oxygen atoms in total. The number of carbonyl (C=O) groups is 1. The Morgan fingerprint density at radius 2 is 1.81 bits per heavy atom. The van der Waals surface area contributed by atoms with E-state index in [0.717, 1.165) is 65.1 Å². The zero-order valence-electron chi connectivity index (χ0n) is 18.5. The number of H-pyrrole nitrogens is 1. The second-order valence-corrected chi connectivity index (χ2v) is 8.44. The Morgan fingerprint density at radius 3 is 2.66 bits per heavy atom. The fraction of sp³-hybridized carbons (Fsp3) is 0.308. The number of hydrogen-bond donors (Lipinski definition) is 1. The van der Waals surface area contributed by atoms with E-state index in [1.807, 2.05) is 54.3 Å². The minimum Gasteiger partial charge on any atom is -0.497 e. The fourth-order valence-corrected chi connectivity index (χ4v) is 4.49. The lowest BCUT2D eigenvalue weighted by Crippen LogP contribution is -2.37. The summed E-state index contributed by atoms with van der Waals surface area (Å²) >= 11 is 0. The van der Waals surface area contributed by atoms with Crippen LogP contribution >= 0.6 is 0 Å². The van der Waals surface area contributed by atoms with Gasteiger partial charge in [0.2, 0.25) is 11.9 Å². The average molecular weight is 429 g/mol. The van der Waals surface area contributed by atoms with Gasteiger partial charge in [-0.2, -0.15) is 0 Å². The monoisotopic (exact) mass is 428 g/mol. The molecule has 1 amide bonds. The van der Waals surface area contributed by atoms with Crippen molar-refractivity contribution in [3.8, 4) is 5.75 Å². The summed E-state index contributed by atoms with van der Waals surface area (Å²) in [6.45, 7) is 5.14. The molecule has 3 aromatic carbocycles. The van der Waals surface area contributed by atoms with E-state index in [2.05, 4.69) is 28.1 Å². The van der Waals surface area contributed by atoms with Crippen LogP contribution in [0.4, 0.5) is 5.95 Å². The Balaban J connectivity index is 1.29. The Bertz CT molecular complexity index is 1230. The number of ether oxygens (including phenoxy) is 1. The number of nitrogens with one attached hydrogen (secondary N) is 1. The number of fused-ring (bicyclic) bond motifs is 2. The van der Waals surface area contributed by atoms with Crippen molar-refractivity contribution >= 4 is 33.7 Å². The van der Waals surface area contributed by atoms with Crippen LogP contribution in [0.25, 0.3) is 21.8 Å². The first kappa shape index (κ1) is 20.4. The molecule has 0 saturated carbocycles. The van der Waals surface area contributed by atoms with Gasteiger partial charge in [-0.15, -0.1) is 0 Å². The Kier molecular flexibility index (Phi) is 5.43. The van der Waals surface area contributed by atoms with E-state index >= 15 is 0 Å². The largest absolute Gasteiger partial charge is 0.497 e. The van der Waals surface area contributed by atoms with Crippen molar-refractivity contribution in [2.45, 2.75) is 19.3 Å². The number of aromatic nitrogens is 2. The number of para-hydroxylation sites is 2. The maximum atomic E-state index is 13.3. The number of aromatic amines is 1. The number of benzene rings is 3. The molecule has 1 fully saturated rings. The van der Waals surface area contributed by atoms with Crippen LogP contribution in [0, 0.1) is 0 Å². The van der Waals surface area contributed by atoms with E-state index in [4.69, 9.17) is 9.72 Å². The smallest absolute Gasteiger partial charge is 0.229 e. The number of carbonyl (C=O) groups excluding carboxylic acids is 1. The molecule has 0 radical (unpaired) electrons. The molecule has 6 heteroatoms. The van der Waals surface area contributed by atoms with Crippen molar-refractivity contribution < 1.29 is 9.53 Å². The molecule has 32 heavy (non-hydrogen) atoms. The van der Waals surface area contributed by atoms with E-state index in [1.165, 1.54) is 0 Å². The third-order valence-corrected chi connectivity index (χ3v) is 6.43. The number of amides is 1. The predicted molar refractivity (Wildman–Crippen MR) is 128 cm³/mol. The van der Waals surface area contributed by atoms with Crippen molar-refractivity contribution in [2.24, 2.45) is 0 Å². The summed E-state index contributed by atoms with van der Waals surface area (Å²) in [5.41, 5.74) is 3.07. The van der Waals surface area contributed by atoms with Crippen molar-refractivity contribution in [3.05, 3.63) is 66.2 Å². The molecule has 1 aromatic heterocycles. The van der Waals surface area contributed by atoms with Crippen LogP contribution in [0.5, 0.6) is 5.75 Å². The fourth-order valence-electron chi connectivity index (χ4n) is 4.49. The van der Waals surface area contributed by atoms with Crippen LogP contribution < -0.4 is 9.64 Å². The minimum atomic E-state index is -0.181. The van der Waals surface area contributed by atoms with Crippen molar-refractivity contribution in [3.63, 3.8) is 0 Å². The molecule has 1 saturated heterocycles. The molecule has 1 aliphatic rings. The van der Waals surface area contributed by atoms with Crippen LogP contribution in [0.1, 0.15) is 24.8 Å². The second-order valence-electron chi connectivity index (χ2n) is 8.44. The van der Waals surface area contributed by atoms with Gasteiger partial charge in [0.15, 0.2) is 0 Å². The summed E-state index contributed by atoms with van der Waals surface area (Å²) in [6, 6.07) is 20.4. The van der Waals surface area contributed by atoms with E-state index in [0.29, 0.717) is 6.54 Å². The highest BCUT2D eigenvalue weighted by molar-refractivity contribution is 5.88. The van der Waals surface area contributed by atoms with Gasteiger partial charge in [-0.25, -0.2) is 4.98 Å². The van der Waals surface area contributed by atoms with E-state index in [-0.39, 0.29) is 11.8 Å². The SMILES string of the molecule is COc1ccc2cc([C@H](C)C(=O)N3CCCN(c4nc5ccccc5[nH]4)CC3)ccc2c1. The molecule has 0 spiro atoms. The van der Waals surface area contributed by atoms with Gasteiger partial charge in [-0.1, -0.05) is 36.4 Å². The Morgan fingerprint density at radius 1 is 1.00 bits per heavy atom. The molecule has 0 aliphatic carbocycles. The summed E-state index contributed by atoms with van der Waals surface area (Å²) in [4.78, 5) is 25.7. The molecule has 0 bridgehead atoms. The second kappa shape index (κ2) is 8.54. The zero-order chi connectivity index (χ0) is 22.1. The molecular weight excluding hydrogens is 400 g/mol. The maximum Gasteiger partial charge on any atom is 0.229 e. The third-order valence-electron chi connectivity index (χ3n) is 6.43. The van der Waals surface area contributed by atoms with Gasteiger partial charge in [0.1, 0.15) is 5.75 Å². The zero-order valence-corrected chi connectivity index (χ0v) is 18.5. The highest BCUT2D eigenvalue weighted by Gasteiger charge is 2.25. The van der Waals surface area contributed by atoms with Crippen LogP contribution in [-0.2, 0) is 4.79 Å². The third kappa shape index (κ3) is 3.88. The first-order chi connectivity index (χ1) is 15.6. The highest BCUT2D eigenvalue weighted by Crippen LogP contribution is 2.27. The van der Waals surface area contributed by atoms with Gasteiger partial charge in [0, 0.05) is 26.2 Å². The van der Waals surface area contributed by atoms with Crippen LogP contribution in [0.3, 0.4) is 0 Å². The highest BCUT2D eigenvalue weighted by atomic mass is 16.5. The Labute approximate surface area is 187 Å². The van der Waals surface area contributed by atoms with Crippen LogP contribution in [-0.4, -0.2) is 54.1 Å². The van der Waals surface area contributed by atoms with E-state index in [1.54, 1.807) is 7.11 Å². The first-order valence-corrected chi connectivity index (χ1v) is 11.2. The van der Waals surface area contributed by atoms with Crippen LogP contribution in [0.15, 0.2) is 60.7 Å². The predicted octanol–water partition coefficient (Wildman–Crippen LogP) is 4.57. The number of imidazole rings is 1. The minimum absolute atomic E-state index is 0.181. The molecule has 164 valence electrons. The normalized spacial score (nSPS) is 15.7. The van der Waals surface area contributed by atoms with Crippen molar-refractivity contribution in [1.29, 1.82) is 0 Å². The van der Waals surface area contributed by atoms with Gasteiger partial charge >= 0.3 is 0 Å². The van der Waals surface area contributed by atoms with Gasteiger partial charge in [0.05, 0.1) is 24.1 Å². The number of hydrogen-bond acceptors (Lipinski definition) is 4. The molecule has 1 aliphatic heterocycles. The first-order valence-electron chi connectivity index (χ1n) is 11.2. The Hall–Kier alpha value is -3.54. The van der Waals surface area contributed by atoms with Gasteiger partial charge in [-0.3, -0.25) is 4.79 Å². The van der Waals surface area contributed by atoms with Gasteiger partial charge in [-0.05, 0) is 53.9 Å². The van der Waals surface area contributed by atoms with Crippen molar-refractivity contribution in [1.82, 2.24) is 14.9 Å². The molecule has 5 rings (SSSR count). The molecule has 1 N–H and O–H groups in total. The summed E-state index contributed by atoms with van der Waals surface area (Å²) in [6.07, 6.45) is 0.924. The molecule has 0 unspecified atom stereocenters. The van der Waals surface area contributed by atoms with Crippen LogP contribution in [0.2, 0.25) is 0 Å². The quantitative estimate of drug-likeness (QED) is 0.517. The lowest BCUT2D eigenvalue weighted by atomic mass is 9.96. The average Bonchev–Trinajstić information content (AvgIpc) is 3.11. The number of methoxy groups -OCH3 is 1.